The van der Waals surface area contributed by atoms with Gasteiger partial charge in [0.05, 0.1) is 6.54 Å². The number of urea groups is 1. The van der Waals surface area contributed by atoms with Gasteiger partial charge in [-0.1, -0.05) is 4.99 Å². The van der Waals surface area contributed by atoms with Crippen LogP contribution in [0.25, 0.3) is 0 Å². The fraction of sp³-hybridized carbons (Fsp3) is 0.500. The van der Waals surface area contributed by atoms with Gasteiger partial charge in [-0.05, 0) is 44.5 Å². The van der Waals surface area contributed by atoms with E-state index < -0.39 is 6.04 Å². The topological polar surface area (TPSA) is 68.3 Å². The first-order chi connectivity index (χ1) is 16.3. The summed E-state index contributed by atoms with van der Waals surface area (Å²) in [6.07, 6.45) is 0.955. The van der Waals surface area contributed by atoms with Crippen LogP contribution in [0.5, 0.6) is 0 Å². The summed E-state index contributed by atoms with van der Waals surface area (Å²) in [5.74, 6) is 0.780. The van der Waals surface area contributed by atoms with Crippen molar-refractivity contribution in [2.75, 3.05) is 51.7 Å². The molecule has 3 amide bonds. The van der Waals surface area contributed by atoms with Crippen molar-refractivity contribution in [2.24, 2.45) is 4.99 Å². The molecule has 1 atom stereocenters. The number of aliphatic imine (C=N–C) groups is 1. The number of benzene rings is 1. The van der Waals surface area contributed by atoms with Gasteiger partial charge in [0.25, 0.3) is 5.91 Å². The molecule has 0 spiro atoms. The highest BCUT2D eigenvalue weighted by Gasteiger charge is 2.53. The molecule has 3 aliphatic rings. The van der Waals surface area contributed by atoms with Crippen molar-refractivity contribution < 1.29 is 18.5 Å². The number of fused-ring (bicyclic) bond motifs is 3. The number of nitrogens with zero attached hydrogens (tertiary/aromatic N) is 7. The van der Waals surface area contributed by atoms with E-state index in [4.69, 9.17) is 4.99 Å². The second kappa shape index (κ2) is 8.50. The van der Waals surface area contributed by atoms with Crippen molar-refractivity contribution in [3.63, 3.8) is 0 Å². The molecule has 10 heteroatoms. The van der Waals surface area contributed by atoms with Gasteiger partial charge in [0, 0.05) is 52.5 Å². The average Bonchev–Trinajstić information content (AvgIpc) is 3.34. The number of amides is 3. The molecule has 5 rings (SSSR count). The lowest BCUT2D eigenvalue weighted by molar-refractivity contribution is -0.689. The van der Waals surface area contributed by atoms with E-state index in [0.717, 1.165) is 68.7 Å². The maximum atomic E-state index is 13.2. The van der Waals surface area contributed by atoms with Crippen LogP contribution in [0.15, 0.2) is 29.3 Å². The highest BCUT2D eigenvalue weighted by atomic mass is 19.1. The van der Waals surface area contributed by atoms with E-state index >= 15 is 0 Å². The average molecular weight is 469 g/mol. The minimum atomic E-state index is -0.581. The standard InChI is InChI=1S/C24H31FN7O2/c1-16-17(2)32-20-21(27(3)24(34)28(4)22(20)33)26-23(32)31(16)11-5-10-29-12-14-30(15-13-29)19-8-6-18(25)7-9-19/h6-9,20H,5,10-15H2,1-4H3/q+1. The van der Waals surface area contributed by atoms with Crippen LogP contribution < -0.4 is 9.47 Å². The SMILES string of the molecule is Cc1c(C)[n+](CCCN2CCN(c3ccc(F)cc3)CC2)c2n1C1C(=O)N(C)C(=O)N(C)C1=N2. The second-order valence-electron chi connectivity index (χ2n) is 9.26. The van der Waals surface area contributed by atoms with Gasteiger partial charge in [-0.2, -0.15) is 0 Å². The number of imide groups is 1. The van der Waals surface area contributed by atoms with Gasteiger partial charge < -0.3 is 4.90 Å². The van der Waals surface area contributed by atoms with Crippen LogP contribution in [0.4, 0.5) is 20.8 Å². The summed E-state index contributed by atoms with van der Waals surface area (Å²) in [5, 5.41) is 0. The summed E-state index contributed by atoms with van der Waals surface area (Å²) >= 11 is 0. The van der Waals surface area contributed by atoms with Crippen molar-refractivity contribution in [2.45, 2.75) is 32.9 Å². The van der Waals surface area contributed by atoms with Gasteiger partial charge in [-0.15, -0.1) is 0 Å². The number of carbonyl (C=O) groups is 2. The lowest BCUT2D eigenvalue weighted by Crippen LogP contribution is -2.56. The molecular weight excluding hydrogens is 437 g/mol. The zero-order valence-corrected chi connectivity index (χ0v) is 20.2. The molecule has 34 heavy (non-hydrogen) atoms. The Morgan fingerprint density at radius 2 is 1.71 bits per heavy atom. The summed E-state index contributed by atoms with van der Waals surface area (Å²) in [6, 6.07) is 5.77. The lowest BCUT2D eigenvalue weighted by atomic mass is 10.1. The lowest BCUT2D eigenvalue weighted by Gasteiger charge is -2.36. The molecule has 4 heterocycles. The number of piperazine rings is 1. The number of hydrogen-bond donors (Lipinski definition) is 0. The largest absolute Gasteiger partial charge is 0.402 e. The maximum absolute atomic E-state index is 13.2. The molecule has 1 aromatic heterocycles. The first-order valence-corrected chi connectivity index (χ1v) is 11.8. The van der Waals surface area contributed by atoms with Crippen molar-refractivity contribution in [3.8, 4) is 0 Å². The van der Waals surface area contributed by atoms with Crippen LogP contribution in [0.2, 0.25) is 0 Å². The monoisotopic (exact) mass is 468 g/mol. The van der Waals surface area contributed by atoms with Crippen LogP contribution in [0.1, 0.15) is 23.9 Å². The zero-order chi connectivity index (χ0) is 24.1. The number of anilines is 1. The molecule has 2 aromatic rings. The van der Waals surface area contributed by atoms with Gasteiger partial charge in [0.15, 0.2) is 0 Å². The highest BCUT2D eigenvalue weighted by Crippen LogP contribution is 2.34. The number of rotatable bonds is 5. The number of amidine groups is 1. The Morgan fingerprint density at radius 1 is 1.03 bits per heavy atom. The number of carbonyl (C=O) groups excluding carboxylic acids is 2. The fourth-order valence-corrected chi connectivity index (χ4v) is 5.18. The van der Waals surface area contributed by atoms with E-state index in [-0.39, 0.29) is 17.8 Å². The van der Waals surface area contributed by atoms with Gasteiger partial charge in [-0.3, -0.25) is 19.5 Å². The Bertz CT molecular complexity index is 1160. The van der Waals surface area contributed by atoms with Crippen molar-refractivity contribution in [1.82, 2.24) is 19.3 Å². The van der Waals surface area contributed by atoms with E-state index in [0.29, 0.717) is 5.84 Å². The molecule has 2 fully saturated rings. The number of aromatic nitrogens is 2. The third kappa shape index (κ3) is 3.56. The molecule has 9 nitrogen and oxygen atoms in total. The summed E-state index contributed by atoms with van der Waals surface area (Å²) < 4.78 is 17.3. The number of imidazole rings is 1. The van der Waals surface area contributed by atoms with E-state index in [2.05, 4.69) is 21.3 Å². The van der Waals surface area contributed by atoms with E-state index in [1.807, 2.05) is 23.6 Å². The summed E-state index contributed by atoms with van der Waals surface area (Å²) in [6.45, 7) is 9.59. The Balaban J connectivity index is 1.24. The van der Waals surface area contributed by atoms with Crippen molar-refractivity contribution in [1.29, 1.82) is 0 Å². The molecule has 0 N–H and O–H groups in total. The number of halogens is 1. The zero-order valence-electron chi connectivity index (χ0n) is 20.2. The molecule has 1 aromatic carbocycles. The molecule has 1 unspecified atom stereocenters. The van der Waals surface area contributed by atoms with E-state index in [9.17, 15) is 14.0 Å². The predicted molar refractivity (Wildman–Crippen MR) is 126 cm³/mol. The normalized spacial score (nSPS) is 20.7. The fourth-order valence-electron chi connectivity index (χ4n) is 5.18. The molecule has 0 radical (unpaired) electrons. The Morgan fingerprint density at radius 3 is 2.38 bits per heavy atom. The maximum Gasteiger partial charge on any atom is 0.402 e. The van der Waals surface area contributed by atoms with Gasteiger partial charge in [0.1, 0.15) is 17.2 Å². The minimum Gasteiger partial charge on any atom is -0.369 e. The minimum absolute atomic E-state index is 0.207. The smallest absolute Gasteiger partial charge is 0.369 e. The first kappa shape index (κ1) is 22.5. The third-order valence-electron chi connectivity index (χ3n) is 7.37. The molecule has 180 valence electrons. The predicted octanol–water partition coefficient (Wildman–Crippen LogP) is 1.85. The van der Waals surface area contributed by atoms with E-state index in [1.54, 1.807) is 7.05 Å². The Hall–Kier alpha value is -3.27. The summed E-state index contributed by atoms with van der Waals surface area (Å²) in [4.78, 5) is 37.4. The van der Waals surface area contributed by atoms with Crippen LogP contribution in [0.3, 0.4) is 0 Å². The van der Waals surface area contributed by atoms with Crippen molar-refractivity contribution in [3.05, 3.63) is 41.5 Å². The van der Waals surface area contributed by atoms with Crippen molar-refractivity contribution >= 4 is 29.4 Å². The Kier molecular flexibility index (Phi) is 5.63. The van der Waals surface area contributed by atoms with Crippen LogP contribution >= 0.6 is 0 Å². The molecule has 3 aliphatic heterocycles. The number of hydrogen-bond acceptors (Lipinski definition) is 5. The summed E-state index contributed by atoms with van der Waals surface area (Å²) in [5.41, 5.74) is 3.15. The van der Waals surface area contributed by atoms with Gasteiger partial charge >= 0.3 is 12.0 Å². The van der Waals surface area contributed by atoms with Gasteiger partial charge in [-0.25, -0.2) is 18.3 Å². The second-order valence-corrected chi connectivity index (χ2v) is 9.26. The molecule has 0 saturated carbocycles. The highest BCUT2D eigenvalue weighted by molar-refractivity contribution is 6.20. The van der Waals surface area contributed by atoms with E-state index in [1.165, 1.54) is 29.0 Å². The molecule has 2 saturated heterocycles. The summed E-state index contributed by atoms with van der Waals surface area (Å²) in [7, 11) is 3.19. The third-order valence-corrected chi connectivity index (χ3v) is 7.37. The quantitative estimate of drug-likeness (QED) is 0.629. The Labute approximate surface area is 198 Å². The van der Waals surface area contributed by atoms with Gasteiger partial charge in [0.2, 0.25) is 11.9 Å². The molecular formula is C24H31FN7O2+. The van der Waals surface area contributed by atoms with Crippen LogP contribution in [-0.4, -0.2) is 83.9 Å². The molecule has 0 bridgehead atoms. The van der Waals surface area contributed by atoms with Crippen LogP contribution in [-0.2, 0) is 11.3 Å². The number of likely N-dealkylation sites (N-methyl/N-ethyl adjacent to an activating group) is 2. The first-order valence-electron chi connectivity index (χ1n) is 11.8. The molecule has 0 aliphatic carbocycles. The van der Waals surface area contributed by atoms with Crippen LogP contribution in [0, 0.1) is 19.7 Å².